The van der Waals surface area contributed by atoms with Crippen LogP contribution in [0.4, 0.5) is 8.78 Å². The van der Waals surface area contributed by atoms with Crippen LogP contribution < -0.4 is 0 Å². The van der Waals surface area contributed by atoms with Gasteiger partial charge < -0.3 is 9.30 Å². The number of aromatic nitrogens is 2. The van der Waals surface area contributed by atoms with Gasteiger partial charge in [0.05, 0.1) is 29.9 Å². The third-order valence-electron chi connectivity index (χ3n) is 5.68. The number of nitriles is 1. The quantitative estimate of drug-likeness (QED) is 0.246. The number of imidazole rings is 1. The van der Waals surface area contributed by atoms with E-state index in [0.29, 0.717) is 16.8 Å². The Hall–Kier alpha value is -4.64. The van der Waals surface area contributed by atoms with Gasteiger partial charge >= 0.3 is 5.97 Å². The lowest BCUT2D eigenvalue weighted by atomic mass is 9.87. The summed E-state index contributed by atoms with van der Waals surface area (Å²) >= 11 is 0. The molecule has 36 heavy (non-hydrogen) atoms. The highest BCUT2D eigenvalue weighted by Gasteiger charge is 2.32. The molecule has 4 rings (SSSR count). The third kappa shape index (κ3) is 5.20. The van der Waals surface area contributed by atoms with Gasteiger partial charge in [-0.3, -0.25) is 4.79 Å². The molecule has 0 saturated carbocycles. The van der Waals surface area contributed by atoms with Crippen molar-refractivity contribution in [3.8, 4) is 11.8 Å². The molecule has 1 heterocycles. The summed E-state index contributed by atoms with van der Waals surface area (Å²) in [7, 11) is 0. The summed E-state index contributed by atoms with van der Waals surface area (Å²) in [4.78, 5) is 30.9. The zero-order valence-electron chi connectivity index (χ0n) is 19.3. The fraction of sp³-hybridized carbons (Fsp3) is 0.143. The molecule has 0 spiro atoms. The van der Waals surface area contributed by atoms with Crippen LogP contribution >= 0.6 is 0 Å². The molecule has 1 aromatic heterocycles. The second-order valence-corrected chi connectivity index (χ2v) is 7.98. The molecular weight excluding hydrogens is 464 g/mol. The Labute approximate surface area is 206 Å². The van der Waals surface area contributed by atoms with Gasteiger partial charge in [-0.1, -0.05) is 12.1 Å². The van der Waals surface area contributed by atoms with Gasteiger partial charge in [-0.25, -0.2) is 18.6 Å². The van der Waals surface area contributed by atoms with E-state index >= 15 is 0 Å². The van der Waals surface area contributed by atoms with E-state index in [4.69, 9.17) is 10.00 Å². The van der Waals surface area contributed by atoms with Gasteiger partial charge in [-0.05, 0) is 79.6 Å². The lowest BCUT2D eigenvalue weighted by Crippen LogP contribution is -2.22. The van der Waals surface area contributed by atoms with Gasteiger partial charge in [-0.15, -0.1) is 0 Å². The van der Waals surface area contributed by atoms with Crippen LogP contribution in [-0.2, 0) is 11.2 Å². The molecule has 0 N–H and O–H groups in total. The summed E-state index contributed by atoms with van der Waals surface area (Å²) in [5, 5.41) is 9.15. The largest absolute Gasteiger partial charge is 0.461 e. The molecule has 4 aromatic rings. The number of esters is 1. The first-order chi connectivity index (χ1) is 17.4. The fourth-order valence-corrected chi connectivity index (χ4v) is 3.93. The Morgan fingerprint density at radius 3 is 2.17 bits per heavy atom. The molecular formula is C28H21F2N3O3. The van der Waals surface area contributed by atoms with Crippen LogP contribution in [0.3, 0.4) is 0 Å². The minimum absolute atomic E-state index is 0.0382. The summed E-state index contributed by atoms with van der Waals surface area (Å²) in [6, 6.07) is 19.5. The van der Waals surface area contributed by atoms with E-state index < -0.39 is 23.5 Å². The topological polar surface area (TPSA) is 85.0 Å². The first kappa shape index (κ1) is 24.5. The Morgan fingerprint density at radius 1 is 0.972 bits per heavy atom. The van der Waals surface area contributed by atoms with E-state index in [-0.39, 0.29) is 35.8 Å². The predicted molar refractivity (Wildman–Crippen MR) is 128 cm³/mol. The minimum Gasteiger partial charge on any atom is -0.461 e. The van der Waals surface area contributed by atoms with Gasteiger partial charge in [0.1, 0.15) is 18.0 Å². The van der Waals surface area contributed by atoms with Crippen LogP contribution in [0.1, 0.15) is 50.5 Å². The number of benzene rings is 3. The molecule has 0 radical (unpaired) electrons. The molecule has 0 aliphatic carbocycles. The fourth-order valence-electron chi connectivity index (χ4n) is 3.93. The molecule has 3 aromatic carbocycles. The highest BCUT2D eigenvalue weighted by molar-refractivity contribution is 6.02. The number of Topliss-reactive ketones (excluding diaryl/α,β-unsaturated/α-hetero) is 1. The molecule has 0 saturated heterocycles. The first-order valence-corrected chi connectivity index (χ1v) is 11.2. The maximum atomic E-state index is 13.8. The normalized spacial score (nSPS) is 11.5. The number of carbonyl (C=O) groups is 2. The standard InChI is InChI=1S/C28H21F2N3O3/c1-2-36-28(35)25-26(33(17-32-25)23-13-5-19(16-31)6-14-23)24(15-18-3-9-21(29)10-4-18)27(34)20-7-11-22(30)12-8-20/h3-14,17,24H,2,15H2,1H3. The van der Waals surface area contributed by atoms with Gasteiger partial charge in [0.2, 0.25) is 0 Å². The minimum atomic E-state index is -0.946. The van der Waals surface area contributed by atoms with Crippen molar-refractivity contribution in [3.05, 3.63) is 119 Å². The predicted octanol–water partition coefficient (Wildman–Crippen LogP) is 5.41. The Balaban J connectivity index is 1.90. The number of hydrogen-bond donors (Lipinski definition) is 0. The Bertz CT molecular complexity index is 1420. The lowest BCUT2D eigenvalue weighted by Gasteiger charge is -2.20. The molecule has 6 nitrogen and oxygen atoms in total. The number of ether oxygens (including phenoxy) is 1. The van der Waals surface area contributed by atoms with Crippen molar-refractivity contribution in [1.29, 1.82) is 5.26 Å². The summed E-state index contributed by atoms with van der Waals surface area (Å²) < 4.78 is 33.9. The maximum absolute atomic E-state index is 13.8. The van der Waals surface area contributed by atoms with Crippen molar-refractivity contribution in [2.45, 2.75) is 19.3 Å². The van der Waals surface area contributed by atoms with Crippen molar-refractivity contribution in [3.63, 3.8) is 0 Å². The van der Waals surface area contributed by atoms with Gasteiger partial charge in [0.25, 0.3) is 0 Å². The molecule has 0 aliphatic rings. The molecule has 0 aliphatic heterocycles. The molecule has 0 bridgehead atoms. The molecule has 1 atom stereocenters. The summed E-state index contributed by atoms with van der Waals surface area (Å²) in [5.41, 5.74) is 2.14. The zero-order chi connectivity index (χ0) is 25.7. The van der Waals surface area contributed by atoms with Gasteiger partial charge in [0, 0.05) is 11.3 Å². The average molecular weight is 485 g/mol. The Kier molecular flexibility index (Phi) is 7.31. The van der Waals surface area contributed by atoms with Crippen molar-refractivity contribution in [2.75, 3.05) is 6.61 Å². The second-order valence-electron chi connectivity index (χ2n) is 7.98. The molecule has 8 heteroatoms. The third-order valence-corrected chi connectivity index (χ3v) is 5.68. The molecule has 0 amide bonds. The maximum Gasteiger partial charge on any atom is 0.358 e. The number of rotatable bonds is 8. The van der Waals surface area contributed by atoms with E-state index in [0.717, 1.165) is 0 Å². The van der Waals surface area contributed by atoms with E-state index in [1.54, 1.807) is 47.9 Å². The average Bonchev–Trinajstić information content (AvgIpc) is 3.33. The highest BCUT2D eigenvalue weighted by Crippen LogP contribution is 2.31. The SMILES string of the molecule is CCOC(=O)c1ncn(-c2ccc(C#N)cc2)c1C(Cc1ccc(F)cc1)C(=O)c1ccc(F)cc1. The van der Waals surface area contributed by atoms with Crippen molar-refractivity contribution in [1.82, 2.24) is 9.55 Å². The summed E-state index contributed by atoms with van der Waals surface area (Å²) in [6.45, 7) is 1.77. The summed E-state index contributed by atoms with van der Waals surface area (Å²) in [5.74, 6) is -2.93. The van der Waals surface area contributed by atoms with Gasteiger partial charge in [-0.2, -0.15) is 5.26 Å². The lowest BCUT2D eigenvalue weighted by molar-refractivity contribution is 0.0518. The van der Waals surface area contributed by atoms with Crippen LogP contribution in [0.15, 0.2) is 79.1 Å². The van der Waals surface area contributed by atoms with Gasteiger partial charge in [0.15, 0.2) is 11.5 Å². The smallest absolute Gasteiger partial charge is 0.358 e. The first-order valence-electron chi connectivity index (χ1n) is 11.2. The van der Waals surface area contributed by atoms with Crippen molar-refractivity contribution in [2.24, 2.45) is 0 Å². The molecule has 1 unspecified atom stereocenters. The number of nitrogens with zero attached hydrogens (tertiary/aromatic N) is 3. The van der Waals surface area contributed by atoms with Crippen LogP contribution in [0, 0.1) is 23.0 Å². The second kappa shape index (κ2) is 10.7. The molecule has 180 valence electrons. The van der Waals surface area contributed by atoms with Crippen LogP contribution in [-0.4, -0.2) is 27.9 Å². The van der Waals surface area contributed by atoms with Crippen LogP contribution in [0.5, 0.6) is 0 Å². The highest BCUT2D eigenvalue weighted by atomic mass is 19.1. The van der Waals surface area contributed by atoms with E-state index in [1.807, 2.05) is 0 Å². The zero-order valence-corrected chi connectivity index (χ0v) is 19.3. The number of hydrogen-bond acceptors (Lipinski definition) is 5. The summed E-state index contributed by atoms with van der Waals surface area (Å²) in [6.07, 6.45) is 1.53. The van der Waals surface area contributed by atoms with Crippen molar-refractivity contribution < 1.29 is 23.1 Å². The van der Waals surface area contributed by atoms with E-state index in [1.165, 1.54) is 42.7 Å². The van der Waals surface area contributed by atoms with Crippen LogP contribution in [0.25, 0.3) is 5.69 Å². The van der Waals surface area contributed by atoms with Crippen molar-refractivity contribution >= 4 is 11.8 Å². The number of carbonyl (C=O) groups excluding carboxylic acids is 2. The van der Waals surface area contributed by atoms with E-state index in [2.05, 4.69) is 11.1 Å². The Morgan fingerprint density at radius 2 is 1.58 bits per heavy atom. The van der Waals surface area contributed by atoms with E-state index in [9.17, 15) is 18.4 Å². The molecule has 0 fully saturated rings. The number of halogens is 2. The number of ketones is 1. The monoisotopic (exact) mass is 485 g/mol. The van der Waals surface area contributed by atoms with Crippen LogP contribution in [0.2, 0.25) is 0 Å².